The van der Waals surface area contributed by atoms with Crippen LogP contribution in [0.25, 0.3) is 0 Å². The molecule has 0 saturated heterocycles. The van der Waals surface area contributed by atoms with Crippen LogP contribution in [0.1, 0.15) is 34.5 Å². The first-order valence-corrected chi connectivity index (χ1v) is 5.50. The molecule has 1 atom stereocenters. The average molecular weight is 244 g/mol. The lowest BCUT2D eigenvalue weighted by atomic mass is 9.97. The van der Waals surface area contributed by atoms with Gasteiger partial charge in [-0.1, -0.05) is 18.2 Å². The molecule has 0 aliphatic rings. The second-order valence-corrected chi connectivity index (χ2v) is 3.99. The fourth-order valence-corrected chi connectivity index (χ4v) is 1.64. The molecule has 0 unspecified atom stereocenters. The van der Waals surface area contributed by atoms with Crippen LogP contribution in [-0.4, -0.2) is 16.9 Å². The number of hydrogen-bond donors (Lipinski definition) is 1. The molecule has 0 fully saturated rings. The van der Waals surface area contributed by atoms with Gasteiger partial charge in [0.2, 0.25) is 5.78 Å². The highest BCUT2D eigenvalue weighted by Crippen LogP contribution is 2.19. The summed E-state index contributed by atoms with van der Waals surface area (Å²) >= 11 is 0. The minimum Gasteiger partial charge on any atom is -0.481 e. The number of carbonyl (C=O) groups is 2. The smallest absolute Gasteiger partial charge is 0.310 e. The quantitative estimate of drug-likeness (QED) is 0.839. The molecular formula is C14H12O4. The lowest BCUT2D eigenvalue weighted by Gasteiger charge is -2.07. The summed E-state index contributed by atoms with van der Waals surface area (Å²) in [5, 5.41) is 8.95. The molecule has 1 heterocycles. The molecule has 92 valence electrons. The molecule has 0 bridgehead atoms. The minimum absolute atomic E-state index is 0.245. The Morgan fingerprint density at radius 3 is 2.61 bits per heavy atom. The number of benzene rings is 1. The zero-order valence-electron chi connectivity index (χ0n) is 9.79. The van der Waals surface area contributed by atoms with Crippen LogP contribution in [0.4, 0.5) is 0 Å². The maximum Gasteiger partial charge on any atom is 0.310 e. The number of ketones is 1. The first-order chi connectivity index (χ1) is 8.59. The minimum atomic E-state index is -0.919. The summed E-state index contributed by atoms with van der Waals surface area (Å²) in [6.07, 6.45) is 1.43. The molecule has 0 radical (unpaired) electrons. The first kappa shape index (κ1) is 12.1. The van der Waals surface area contributed by atoms with E-state index in [9.17, 15) is 9.59 Å². The average Bonchev–Trinajstić information content (AvgIpc) is 2.91. The third-order valence-electron chi connectivity index (χ3n) is 2.76. The maximum atomic E-state index is 12.0. The highest BCUT2D eigenvalue weighted by atomic mass is 16.4. The van der Waals surface area contributed by atoms with E-state index < -0.39 is 11.9 Å². The van der Waals surface area contributed by atoms with E-state index in [1.54, 1.807) is 43.3 Å². The van der Waals surface area contributed by atoms with E-state index in [1.807, 2.05) is 0 Å². The number of carboxylic acid groups (broad SMARTS) is 1. The van der Waals surface area contributed by atoms with Gasteiger partial charge in [0, 0.05) is 5.56 Å². The van der Waals surface area contributed by atoms with E-state index >= 15 is 0 Å². The number of rotatable bonds is 4. The molecule has 2 aromatic rings. The van der Waals surface area contributed by atoms with Gasteiger partial charge in [-0.3, -0.25) is 9.59 Å². The summed E-state index contributed by atoms with van der Waals surface area (Å²) in [6.45, 7) is 1.58. The Balaban J connectivity index is 2.33. The number of carboxylic acids is 1. The molecule has 0 aliphatic heterocycles. The van der Waals surface area contributed by atoms with Gasteiger partial charge in [-0.2, -0.15) is 0 Å². The predicted octanol–water partition coefficient (Wildman–Crippen LogP) is 2.70. The van der Waals surface area contributed by atoms with Gasteiger partial charge in [0.15, 0.2) is 5.76 Å². The van der Waals surface area contributed by atoms with Crippen LogP contribution in [0.3, 0.4) is 0 Å². The van der Waals surface area contributed by atoms with Crippen molar-refractivity contribution in [3.05, 3.63) is 59.5 Å². The molecule has 0 saturated carbocycles. The zero-order chi connectivity index (χ0) is 13.1. The van der Waals surface area contributed by atoms with Crippen LogP contribution in [0.2, 0.25) is 0 Å². The molecule has 2 rings (SSSR count). The van der Waals surface area contributed by atoms with Crippen molar-refractivity contribution < 1.29 is 19.1 Å². The number of carbonyl (C=O) groups excluding carboxylic acids is 1. The summed E-state index contributed by atoms with van der Waals surface area (Å²) in [7, 11) is 0. The monoisotopic (exact) mass is 244 g/mol. The summed E-state index contributed by atoms with van der Waals surface area (Å²) in [6, 6.07) is 9.81. The van der Waals surface area contributed by atoms with Gasteiger partial charge in [-0.25, -0.2) is 0 Å². The Kier molecular flexibility index (Phi) is 3.28. The molecule has 4 nitrogen and oxygen atoms in total. The summed E-state index contributed by atoms with van der Waals surface area (Å²) in [5.41, 5.74) is 1.02. The molecule has 0 spiro atoms. The van der Waals surface area contributed by atoms with Crippen LogP contribution in [-0.2, 0) is 4.79 Å². The van der Waals surface area contributed by atoms with Crippen LogP contribution < -0.4 is 0 Å². The van der Waals surface area contributed by atoms with Crippen LogP contribution >= 0.6 is 0 Å². The number of aliphatic carboxylic acids is 1. The van der Waals surface area contributed by atoms with Crippen LogP contribution in [0.15, 0.2) is 47.1 Å². The Hall–Kier alpha value is -2.36. The fourth-order valence-electron chi connectivity index (χ4n) is 1.64. The van der Waals surface area contributed by atoms with Crippen molar-refractivity contribution in [2.24, 2.45) is 0 Å². The molecular weight excluding hydrogens is 232 g/mol. The molecule has 0 amide bonds. The molecule has 1 N–H and O–H groups in total. The molecule has 1 aromatic heterocycles. The Bertz CT molecular complexity index is 569. The zero-order valence-corrected chi connectivity index (χ0v) is 9.79. The van der Waals surface area contributed by atoms with Gasteiger partial charge in [0.05, 0.1) is 12.2 Å². The van der Waals surface area contributed by atoms with Crippen molar-refractivity contribution in [2.75, 3.05) is 0 Å². The standard InChI is InChI=1S/C14H12O4/c1-9(14(16)17)10-4-2-5-11(8-10)13(15)12-6-3-7-18-12/h2-9H,1H3,(H,16,17)/t9-/m1/s1. The van der Waals surface area contributed by atoms with Crippen molar-refractivity contribution in [3.63, 3.8) is 0 Å². The Morgan fingerprint density at radius 1 is 1.22 bits per heavy atom. The third kappa shape index (κ3) is 2.32. The predicted molar refractivity (Wildman–Crippen MR) is 64.6 cm³/mol. The maximum absolute atomic E-state index is 12.0. The van der Waals surface area contributed by atoms with Crippen molar-refractivity contribution >= 4 is 11.8 Å². The highest BCUT2D eigenvalue weighted by Gasteiger charge is 2.17. The van der Waals surface area contributed by atoms with E-state index in [1.165, 1.54) is 6.26 Å². The summed E-state index contributed by atoms with van der Waals surface area (Å²) in [4.78, 5) is 22.9. The second-order valence-electron chi connectivity index (χ2n) is 3.99. The SMILES string of the molecule is C[C@@H](C(=O)O)c1cccc(C(=O)c2ccco2)c1. The van der Waals surface area contributed by atoms with E-state index in [4.69, 9.17) is 9.52 Å². The highest BCUT2D eigenvalue weighted by molar-refractivity contribution is 6.07. The molecule has 1 aromatic carbocycles. The van der Waals surface area contributed by atoms with Gasteiger partial charge in [-0.05, 0) is 30.7 Å². The van der Waals surface area contributed by atoms with Crippen LogP contribution in [0, 0.1) is 0 Å². The largest absolute Gasteiger partial charge is 0.481 e. The number of furan rings is 1. The fraction of sp³-hybridized carbons (Fsp3) is 0.143. The third-order valence-corrected chi connectivity index (χ3v) is 2.76. The van der Waals surface area contributed by atoms with Crippen molar-refractivity contribution in [3.8, 4) is 0 Å². The van der Waals surface area contributed by atoms with E-state index in [0.29, 0.717) is 11.1 Å². The van der Waals surface area contributed by atoms with E-state index in [-0.39, 0.29) is 11.5 Å². The summed E-state index contributed by atoms with van der Waals surface area (Å²) < 4.78 is 5.03. The van der Waals surface area contributed by atoms with Crippen molar-refractivity contribution in [2.45, 2.75) is 12.8 Å². The van der Waals surface area contributed by atoms with E-state index in [0.717, 1.165) is 0 Å². The normalized spacial score (nSPS) is 12.1. The van der Waals surface area contributed by atoms with Crippen molar-refractivity contribution in [1.29, 1.82) is 0 Å². The topological polar surface area (TPSA) is 67.5 Å². The lowest BCUT2D eigenvalue weighted by Crippen LogP contribution is -2.08. The second kappa shape index (κ2) is 4.87. The van der Waals surface area contributed by atoms with Crippen LogP contribution in [0.5, 0.6) is 0 Å². The molecule has 0 aliphatic carbocycles. The molecule has 4 heteroatoms. The van der Waals surface area contributed by atoms with Gasteiger partial charge in [-0.15, -0.1) is 0 Å². The summed E-state index contributed by atoms with van der Waals surface area (Å²) in [5.74, 6) is -1.57. The Morgan fingerprint density at radius 2 is 2.00 bits per heavy atom. The van der Waals surface area contributed by atoms with Gasteiger partial charge < -0.3 is 9.52 Å². The van der Waals surface area contributed by atoms with Gasteiger partial charge in [0.1, 0.15) is 0 Å². The van der Waals surface area contributed by atoms with Gasteiger partial charge in [0.25, 0.3) is 0 Å². The van der Waals surface area contributed by atoms with E-state index in [2.05, 4.69) is 0 Å². The molecule has 18 heavy (non-hydrogen) atoms. The lowest BCUT2D eigenvalue weighted by molar-refractivity contribution is -0.138. The first-order valence-electron chi connectivity index (χ1n) is 5.50. The Labute approximate surface area is 104 Å². The number of hydrogen-bond acceptors (Lipinski definition) is 3. The van der Waals surface area contributed by atoms with Gasteiger partial charge >= 0.3 is 5.97 Å². The van der Waals surface area contributed by atoms with Crippen molar-refractivity contribution in [1.82, 2.24) is 0 Å².